The Kier molecular flexibility index (Phi) is 5.24. The Bertz CT molecular complexity index is 362. The molecule has 102 valence electrons. The van der Waals surface area contributed by atoms with Crippen molar-refractivity contribution in [3.8, 4) is 0 Å². The van der Waals surface area contributed by atoms with E-state index in [1.807, 2.05) is 12.1 Å². The van der Waals surface area contributed by atoms with Crippen molar-refractivity contribution in [1.82, 2.24) is 4.23 Å². The van der Waals surface area contributed by atoms with Gasteiger partial charge >= 0.3 is 0 Å². The number of nitrogens with zero attached hydrogens (tertiary/aromatic N) is 1. The van der Waals surface area contributed by atoms with Crippen molar-refractivity contribution in [1.29, 1.82) is 0 Å². The molecule has 0 bridgehead atoms. The highest BCUT2D eigenvalue weighted by atomic mass is 35.5. The van der Waals surface area contributed by atoms with E-state index in [1.54, 1.807) is 0 Å². The second-order valence-electron chi connectivity index (χ2n) is 6.87. The van der Waals surface area contributed by atoms with Gasteiger partial charge < -0.3 is 4.23 Å². The summed E-state index contributed by atoms with van der Waals surface area (Å²) in [6, 6.07) is 8.28. The number of hydrogen-bond donors (Lipinski definition) is 0. The Morgan fingerprint density at radius 2 is 1.33 bits per heavy atom. The van der Waals surface area contributed by atoms with Crippen LogP contribution in [0.5, 0.6) is 0 Å². The Hall–Kier alpha value is -0.0962. The van der Waals surface area contributed by atoms with Gasteiger partial charge in [-0.1, -0.05) is 63.0 Å². The molecular weight excluding hydrogens is 274 g/mol. The van der Waals surface area contributed by atoms with Crippen molar-refractivity contribution >= 4 is 28.1 Å². The Morgan fingerprint density at radius 1 is 0.889 bits per heavy atom. The van der Waals surface area contributed by atoms with Crippen molar-refractivity contribution in [2.75, 3.05) is 6.54 Å². The van der Waals surface area contributed by atoms with Gasteiger partial charge in [-0.25, -0.2) is 0 Å². The van der Waals surface area contributed by atoms with E-state index in [0.29, 0.717) is 0 Å². The molecule has 0 unspecified atom stereocenters. The van der Waals surface area contributed by atoms with Crippen LogP contribution in [-0.4, -0.2) is 27.2 Å². The van der Waals surface area contributed by atoms with E-state index in [9.17, 15) is 0 Å². The standard InChI is InChI=1S/C14H26ClNSi2/c1-17(2,3)16(18(4,5)6)12-11-13-7-9-14(15)10-8-13/h7-10H,11-12H2,1-6H3. The molecule has 0 fully saturated rings. The first-order valence-electron chi connectivity index (χ1n) is 6.63. The zero-order valence-electron chi connectivity index (χ0n) is 12.5. The number of hydrogen-bond acceptors (Lipinski definition) is 1. The monoisotopic (exact) mass is 299 g/mol. The zero-order valence-corrected chi connectivity index (χ0v) is 15.3. The summed E-state index contributed by atoms with van der Waals surface area (Å²) in [5.41, 5.74) is 1.39. The molecule has 0 aromatic heterocycles. The van der Waals surface area contributed by atoms with E-state index in [4.69, 9.17) is 11.6 Å². The van der Waals surface area contributed by atoms with Gasteiger partial charge in [0, 0.05) is 5.02 Å². The molecule has 0 amide bonds. The minimum Gasteiger partial charge on any atom is -0.345 e. The maximum atomic E-state index is 5.92. The second kappa shape index (κ2) is 5.91. The topological polar surface area (TPSA) is 3.24 Å². The lowest BCUT2D eigenvalue weighted by molar-refractivity contribution is 0.612. The highest BCUT2D eigenvalue weighted by Gasteiger charge is 2.33. The fraction of sp³-hybridized carbons (Fsp3) is 0.571. The van der Waals surface area contributed by atoms with Crippen molar-refractivity contribution in [2.24, 2.45) is 0 Å². The highest BCUT2D eigenvalue weighted by molar-refractivity contribution is 6.89. The van der Waals surface area contributed by atoms with Gasteiger partial charge in [-0.3, -0.25) is 0 Å². The number of halogens is 1. The van der Waals surface area contributed by atoms with Crippen molar-refractivity contribution in [3.63, 3.8) is 0 Å². The van der Waals surface area contributed by atoms with E-state index < -0.39 is 16.5 Å². The number of rotatable bonds is 5. The van der Waals surface area contributed by atoms with Crippen molar-refractivity contribution < 1.29 is 0 Å². The van der Waals surface area contributed by atoms with E-state index >= 15 is 0 Å². The summed E-state index contributed by atoms with van der Waals surface area (Å²) in [5.74, 6) is 0. The predicted octanol–water partition coefficient (Wildman–Crippen LogP) is 4.85. The fourth-order valence-corrected chi connectivity index (χ4v) is 12.3. The van der Waals surface area contributed by atoms with Gasteiger partial charge in [-0.15, -0.1) is 0 Å². The smallest absolute Gasteiger partial charge is 0.112 e. The quantitative estimate of drug-likeness (QED) is 0.702. The van der Waals surface area contributed by atoms with Crippen LogP contribution in [0.15, 0.2) is 24.3 Å². The maximum Gasteiger partial charge on any atom is 0.112 e. The maximum absolute atomic E-state index is 5.92. The lowest BCUT2D eigenvalue weighted by Crippen LogP contribution is -2.59. The molecule has 0 heterocycles. The van der Waals surface area contributed by atoms with Crippen LogP contribution in [0.3, 0.4) is 0 Å². The van der Waals surface area contributed by atoms with Crippen LogP contribution in [0.2, 0.25) is 44.3 Å². The van der Waals surface area contributed by atoms with Crippen LogP contribution in [0, 0.1) is 0 Å². The molecule has 0 aliphatic carbocycles. The van der Waals surface area contributed by atoms with Crippen LogP contribution in [0.4, 0.5) is 0 Å². The van der Waals surface area contributed by atoms with E-state index in [1.165, 1.54) is 12.1 Å². The Morgan fingerprint density at radius 3 is 1.72 bits per heavy atom. The Labute approximate surface area is 119 Å². The molecule has 18 heavy (non-hydrogen) atoms. The number of benzene rings is 1. The third-order valence-electron chi connectivity index (χ3n) is 3.16. The lowest BCUT2D eigenvalue weighted by Gasteiger charge is -2.43. The first-order chi connectivity index (χ1) is 8.10. The van der Waals surface area contributed by atoms with Gasteiger partial charge in [-0.05, 0) is 30.7 Å². The van der Waals surface area contributed by atoms with Crippen molar-refractivity contribution in [2.45, 2.75) is 45.7 Å². The molecule has 0 spiro atoms. The van der Waals surface area contributed by atoms with Crippen LogP contribution >= 0.6 is 11.6 Å². The van der Waals surface area contributed by atoms with Crippen LogP contribution < -0.4 is 0 Å². The first kappa shape index (κ1) is 16.0. The summed E-state index contributed by atoms with van der Waals surface area (Å²) in [5, 5.41) is 0.825. The first-order valence-corrected chi connectivity index (χ1v) is 13.9. The largest absolute Gasteiger partial charge is 0.345 e. The summed E-state index contributed by atoms with van der Waals surface area (Å²) in [6.07, 6.45) is 1.13. The molecule has 1 aromatic carbocycles. The summed E-state index contributed by atoms with van der Waals surface area (Å²) in [4.78, 5) is 0. The molecule has 0 saturated heterocycles. The SMILES string of the molecule is C[Si](C)(C)N(CCc1ccc(Cl)cc1)[Si](C)(C)C. The van der Waals surface area contributed by atoms with Crippen LogP contribution in [-0.2, 0) is 6.42 Å². The molecule has 1 rings (SSSR count). The third-order valence-corrected chi connectivity index (χ3v) is 11.1. The second-order valence-corrected chi connectivity index (χ2v) is 17.5. The van der Waals surface area contributed by atoms with Gasteiger partial charge in [0.1, 0.15) is 16.5 Å². The van der Waals surface area contributed by atoms with Crippen LogP contribution in [0.25, 0.3) is 0 Å². The van der Waals surface area contributed by atoms with Gasteiger partial charge in [0.15, 0.2) is 0 Å². The summed E-state index contributed by atoms with van der Waals surface area (Å²) in [6.45, 7) is 15.9. The van der Waals surface area contributed by atoms with Crippen LogP contribution in [0.1, 0.15) is 5.56 Å². The average Bonchev–Trinajstić information content (AvgIpc) is 2.17. The summed E-state index contributed by atoms with van der Waals surface area (Å²) >= 11 is 5.92. The normalized spacial score (nSPS) is 13.1. The molecule has 0 atom stereocenters. The molecule has 0 aliphatic heterocycles. The van der Waals surface area contributed by atoms with Gasteiger partial charge in [0.25, 0.3) is 0 Å². The average molecular weight is 300 g/mol. The molecule has 1 nitrogen and oxygen atoms in total. The molecule has 0 saturated carbocycles. The fourth-order valence-electron chi connectivity index (χ4n) is 2.57. The van der Waals surface area contributed by atoms with Gasteiger partial charge in [-0.2, -0.15) is 0 Å². The Balaban J connectivity index is 2.72. The van der Waals surface area contributed by atoms with Crippen molar-refractivity contribution in [3.05, 3.63) is 34.9 Å². The van der Waals surface area contributed by atoms with E-state index in [0.717, 1.165) is 11.4 Å². The molecule has 0 N–H and O–H groups in total. The van der Waals surface area contributed by atoms with Gasteiger partial charge in [0.2, 0.25) is 0 Å². The third kappa shape index (κ3) is 4.88. The minimum absolute atomic E-state index is 0.825. The molecule has 4 heteroatoms. The van der Waals surface area contributed by atoms with Gasteiger partial charge in [0.05, 0.1) is 0 Å². The highest BCUT2D eigenvalue weighted by Crippen LogP contribution is 2.20. The molecule has 1 aromatic rings. The molecular formula is C14H26ClNSi2. The van der Waals surface area contributed by atoms with E-state index in [2.05, 4.69) is 55.6 Å². The lowest BCUT2D eigenvalue weighted by atomic mass is 10.2. The zero-order chi connectivity index (χ0) is 14.0. The van der Waals surface area contributed by atoms with E-state index in [-0.39, 0.29) is 0 Å². The molecule has 0 radical (unpaired) electrons. The summed E-state index contributed by atoms with van der Waals surface area (Å²) < 4.78 is 2.83. The summed E-state index contributed by atoms with van der Waals surface area (Å²) in [7, 11) is -2.44. The molecule has 0 aliphatic rings. The predicted molar refractivity (Wildman–Crippen MR) is 88.6 cm³/mol. The minimum atomic E-state index is -1.22.